The summed E-state index contributed by atoms with van der Waals surface area (Å²) in [5.74, 6) is -0.0497. The Morgan fingerprint density at radius 1 is 1.44 bits per heavy atom. The second-order valence-electron chi connectivity index (χ2n) is 3.94. The lowest BCUT2D eigenvalue weighted by Crippen LogP contribution is -2.03. The van der Waals surface area contributed by atoms with Gasteiger partial charge in [0.2, 0.25) is 0 Å². The standard InChI is InChI=1S/C12H12FN3O2/c1-3-14-12-7(2)4-8-5-9(13)6-10(16(17)18)11(8)15-12/h4-6H,3H2,1-2H3,(H,14,15). The zero-order valence-electron chi connectivity index (χ0n) is 10.0. The molecule has 6 heteroatoms. The van der Waals surface area contributed by atoms with Crippen molar-refractivity contribution in [2.24, 2.45) is 0 Å². The Balaban J connectivity index is 2.76. The van der Waals surface area contributed by atoms with Crippen LogP contribution in [0.15, 0.2) is 18.2 Å². The Bertz CT molecular complexity index is 628. The third-order valence-corrected chi connectivity index (χ3v) is 2.59. The van der Waals surface area contributed by atoms with Crippen LogP contribution in [0.2, 0.25) is 0 Å². The predicted molar refractivity (Wildman–Crippen MR) is 67.3 cm³/mol. The van der Waals surface area contributed by atoms with E-state index in [0.717, 1.165) is 11.6 Å². The van der Waals surface area contributed by atoms with E-state index in [1.807, 2.05) is 13.8 Å². The molecule has 18 heavy (non-hydrogen) atoms. The Morgan fingerprint density at radius 2 is 2.17 bits per heavy atom. The van der Waals surface area contributed by atoms with Crippen molar-refractivity contribution in [1.29, 1.82) is 0 Å². The quantitative estimate of drug-likeness (QED) is 0.670. The molecular weight excluding hydrogens is 237 g/mol. The van der Waals surface area contributed by atoms with Gasteiger partial charge >= 0.3 is 0 Å². The molecule has 0 aliphatic carbocycles. The molecular formula is C12H12FN3O2. The first kappa shape index (κ1) is 12.2. The van der Waals surface area contributed by atoms with Crippen molar-refractivity contribution in [3.05, 3.63) is 39.7 Å². The van der Waals surface area contributed by atoms with Gasteiger partial charge in [0.1, 0.15) is 11.6 Å². The number of nitrogens with zero attached hydrogens (tertiary/aromatic N) is 2. The van der Waals surface area contributed by atoms with Crippen molar-refractivity contribution in [1.82, 2.24) is 4.98 Å². The van der Waals surface area contributed by atoms with Crippen LogP contribution in [0.25, 0.3) is 10.9 Å². The number of anilines is 1. The molecule has 0 spiro atoms. The minimum absolute atomic E-state index is 0.197. The van der Waals surface area contributed by atoms with E-state index in [1.54, 1.807) is 6.07 Å². The minimum atomic E-state index is -0.633. The number of fused-ring (bicyclic) bond motifs is 1. The third kappa shape index (κ3) is 2.09. The summed E-state index contributed by atoms with van der Waals surface area (Å²) in [7, 11) is 0. The number of nitro groups is 1. The maximum Gasteiger partial charge on any atom is 0.298 e. The molecule has 2 aromatic rings. The average Bonchev–Trinajstić information content (AvgIpc) is 2.29. The van der Waals surface area contributed by atoms with Gasteiger partial charge in [-0.05, 0) is 31.5 Å². The van der Waals surface area contributed by atoms with Crippen LogP contribution in [0.5, 0.6) is 0 Å². The van der Waals surface area contributed by atoms with Gasteiger partial charge in [-0.3, -0.25) is 10.1 Å². The van der Waals surface area contributed by atoms with E-state index in [2.05, 4.69) is 10.3 Å². The van der Waals surface area contributed by atoms with Crippen molar-refractivity contribution in [3.63, 3.8) is 0 Å². The normalized spacial score (nSPS) is 10.6. The zero-order valence-corrected chi connectivity index (χ0v) is 10.0. The lowest BCUT2D eigenvalue weighted by Gasteiger charge is -2.08. The molecule has 0 bridgehead atoms. The second kappa shape index (κ2) is 4.56. The zero-order chi connectivity index (χ0) is 13.3. The van der Waals surface area contributed by atoms with Crippen LogP contribution < -0.4 is 5.32 Å². The summed E-state index contributed by atoms with van der Waals surface area (Å²) in [5, 5.41) is 14.4. The molecule has 0 atom stereocenters. The van der Waals surface area contributed by atoms with Crippen LogP contribution in [-0.2, 0) is 0 Å². The van der Waals surface area contributed by atoms with E-state index < -0.39 is 10.7 Å². The van der Waals surface area contributed by atoms with Crippen LogP contribution in [-0.4, -0.2) is 16.5 Å². The molecule has 5 nitrogen and oxygen atoms in total. The maximum absolute atomic E-state index is 13.3. The van der Waals surface area contributed by atoms with Crippen LogP contribution in [0.4, 0.5) is 15.9 Å². The molecule has 0 aliphatic heterocycles. The number of nitro benzene ring substituents is 1. The Labute approximate surface area is 103 Å². The number of halogens is 1. The summed E-state index contributed by atoms with van der Waals surface area (Å²) < 4.78 is 13.3. The molecule has 0 radical (unpaired) electrons. The van der Waals surface area contributed by atoms with E-state index >= 15 is 0 Å². The molecule has 0 saturated carbocycles. The molecule has 1 aromatic heterocycles. The van der Waals surface area contributed by atoms with Crippen LogP contribution in [0, 0.1) is 22.9 Å². The highest BCUT2D eigenvalue weighted by Crippen LogP contribution is 2.28. The van der Waals surface area contributed by atoms with Gasteiger partial charge < -0.3 is 5.32 Å². The van der Waals surface area contributed by atoms with E-state index in [9.17, 15) is 14.5 Å². The minimum Gasteiger partial charge on any atom is -0.370 e. The van der Waals surface area contributed by atoms with Crippen LogP contribution in [0.3, 0.4) is 0 Å². The second-order valence-corrected chi connectivity index (χ2v) is 3.94. The first-order valence-corrected chi connectivity index (χ1v) is 5.52. The maximum atomic E-state index is 13.3. The number of hydrogen-bond donors (Lipinski definition) is 1. The summed E-state index contributed by atoms with van der Waals surface area (Å²) in [6, 6.07) is 3.83. The van der Waals surface area contributed by atoms with Crippen molar-refractivity contribution in [2.45, 2.75) is 13.8 Å². The van der Waals surface area contributed by atoms with Gasteiger partial charge in [-0.1, -0.05) is 0 Å². The first-order valence-electron chi connectivity index (χ1n) is 5.52. The van der Waals surface area contributed by atoms with E-state index in [-0.39, 0.29) is 11.2 Å². The lowest BCUT2D eigenvalue weighted by molar-refractivity contribution is -0.383. The number of aryl methyl sites for hydroxylation is 1. The highest BCUT2D eigenvalue weighted by molar-refractivity contribution is 5.89. The number of nitrogens with one attached hydrogen (secondary N) is 1. The Hall–Kier alpha value is -2.24. The monoisotopic (exact) mass is 249 g/mol. The lowest BCUT2D eigenvalue weighted by atomic mass is 10.1. The van der Waals surface area contributed by atoms with Crippen molar-refractivity contribution < 1.29 is 9.31 Å². The highest BCUT2D eigenvalue weighted by atomic mass is 19.1. The molecule has 0 saturated heterocycles. The number of aromatic nitrogens is 1. The summed E-state index contributed by atoms with van der Waals surface area (Å²) in [6.07, 6.45) is 0. The molecule has 2 rings (SSSR count). The number of non-ortho nitro benzene ring substituents is 1. The SMILES string of the molecule is CCNc1nc2c([N+](=O)[O-])cc(F)cc2cc1C. The van der Waals surface area contributed by atoms with Gasteiger partial charge in [0.05, 0.1) is 11.0 Å². The third-order valence-electron chi connectivity index (χ3n) is 2.59. The number of rotatable bonds is 3. The molecule has 0 aliphatic rings. The smallest absolute Gasteiger partial charge is 0.298 e. The number of hydrogen-bond acceptors (Lipinski definition) is 4. The number of pyridine rings is 1. The van der Waals surface area contributed by atoms with Gasteiger partial charge in [-0.15, -0.1) is 0 Å². The Kier molecular flexibility index (Phi) is 3.10. The van der Waals surface area contributed by atoms with Gasteiger partial charge in [0, 0.05) is 11.9 Å². The largest absolute Gasteiger partial charge is 0.370 e. The Morgan fingerprint density at radius 3 is 2.78 bits per heavy atom. The fourth-order valence-electron chi connectivity index (χ4n) is 1.82. The summed E-state index contributed by atoms with van der Waals surface area (Å²) >= 11 is 0. The van der Waals surface area contributed by atoms with E-state index in [0.29, 0.717) is 17.7 Å². The molecule has 0 amide bonds. The summed E-state index contributed by atoms with van der Waals surface area (Å²) in [6.45, 7) is 4.39. The van der Waals surface area contributed by atoms with Crippen LogP contribution in [0.1, 0.15) is 12.5 Å². The molecule has 0 unspecified atom stereocenters. The fourth-order valence-corrected chi connectivity index (χ4v) is 1.82. The molecule has 1 heterocycles. The topological polar surface area (TPSA) is 68.1 Å². The fraction of sp³-hybridized carbons (Fsp3) is 0.250. The van der Waals surface area contributed by atoms with E-state index in [1.165, 1.54) is 6.07 Å². The molecule has 1 aromatic carbocycles. The van der Waals surface area contributed by atoms with Crippen LogP contribution >= 0.6 is 0 Å². The van der Waals surface area contributed by atoms with Crippen molar-refractivity contribution >= 4 is 22.4 Å². The highest BCUT2D eigenvalue weighted by Gasteiger charge is 2.17. The molecule has 0 fully saturated rings. The van der Waals surface area contributed by atoms with Gasteiger partial charge in [-0.25, -0.2) is 9.37 Å². The average molecular weight is 249 g/mol. The summed E-state index contributed by atoms with van der Waals surface area (Å²) in [5.41, 5.74) is 0.705. The van der Waals surface area contributed by atoms with Crippen molar-refractivity contribution in [2.75, 3.05) is 11.9 Å². The van der Waals surface area contributed by atoms with Gasteiger partial charge in [-0.2, -0.15) is 0 Å². The number of benzene rings is 1. The predicted octanol–water partition coefficient (Wildman–Crippen LogP) is 3.02. The summed E-state index contributed by atoms with van der Waals surface area (Å²) in [4.78, 5) is 14.5. The molecule has 1 N–H and O–H groups in total. The first-order chi connectivity index (χ1) is 8.52. The van der Waals surface area contributed by atoms with Gasteiger partial charge in [0.25, 0.3) is 5.69 Å². The van der Waals surface area contributed by atoms with Gasteiger partial charge in [0.15, 0.2) is 5.52 Å². The molecule has 94 valence electrons. The van der Waals surface area contributed by atoms with Crippen molar-refractivity contribution in [3.8, 4) is 0 Å². The van der Waals surface area contributed by atoms with E-state index in [4.69, 9.17) is 0 Å².